The summed E-state index contributed by atoms with van der Waals surface area (Å²) in [5.74, 6) is 0.134. The van der Waals surface area contributed by atoms with Gasteiger partial charge in [-0.15, -0.1) is 0 Å². The summed E-state index contributed by atoms with van der Waals surface area (Å²) in [6.07, 6.45) is -0.308. The number of carbonyl (C=O) groups excluding carboxylic acids is 2. The zero-order valence-corrected chi connectivity index (χ0v) is 24.7. The van der Waals surface area contributed by atoms with Crippen LogP contribution < -0.4 is 11.1 Å². The molecule has 1 aromatic carbocycles. The minimum atomic E-state index is -4.56. The number of likely N-dealkylation sites (tertiary alicyclic amines) is 1. The first-order chi connectivity index (χ1) is 21.5. The fourth-order valence-electron chi connectivity index (χ4n) is 5.88. The fraction of sp³-hybridized carbons (Fsp3) is 0.387. The molecule has 11 nitrogen and oxygen atoms in total. The molecule has 2 fully saturated rings. The Hall–Kier alpha value is -4.56. The molecular formula is C31H32F3N7O4. The van der Waals surface area contributed by atoms with Gasteiger partial charge in [-0.3, -0.25) is 14.0 Å². The number of halogens is 3. The SMILES string of the molecule is COCc1cnc(N)c2c(-c3ccc(C(=O)Nc4cc(C(F)(F)F)ccn4)cc3)nc([C@@H]3CCCN(C(=O)C4(C)COC4)C3)n12. The fourth-order valence-corrected chi connectivity index (χ4v) is 5.88. The first kappa shape index (κ1) is 30.5. The highest BCUT2D eigenvalue weighted by atomic mass is 19.4. The molecule has 45 heavy (non-hydrogen) atoms. The van der Waals surface area contributed by atoms with Gasteiger partial charge in [0.15, 0.2) is 0 Å². The summed E-state index contributed by atoms with van der Waals surface area (Å²) < 4.78 is 52.0. The molecule has 14 heteroatoms. The number of methoxy groups -OCH3 is 1. The van der Waals surface area contributed by atoms with Gasteiger partial charge in [0.25, 0.3) is 5.91 Å². The van der Waals surface area contributed by atoms with E-state index in [2.05, 4.69) is 15.3 Å². The third-order valence-corrected chi connectivity index (χ3v) is 8.26. The Morgan fingerprint density at radius 3 is 2.60 bits per heavy atom. The Balaban J connectivity index is 1.32. The van der Waals surface area contributed by atoms with Crippen molar-refractivity contribution in [2.24, 2.45) is 5.41 Å². The summed E-state index contributed by atoms with van der Waals surface area (Å²) in [4.78, 5) is 41.4. The predicted molar refractivity (Wildman–Crippen MR) is 158 cm³/mol. The van der Waals surface area contributed by atoms with Gasteiger partial charge in [-0.05, 0) is 44.0 Å². The van der Waals surface area contributed by atoms with Crippen molar-refractivity contribution in [2.75, 3.05) is 44.5 Å². The van der Waals surface area contributed by atoms with Crippen LogP contribution in [0.15, 0.2) is 48.8 Å². The van der Waals surface area contributed by atoms with Crippen molar-refractivity contribution in [1.29, 1.82) is 0 Å². The summed E-state index contributed by atoms with van der Waals surface area (Å²) >= 11 is 0. The zero-order chi connectivity index (χ0) is 31.9. The monoisotopic (exact) mass is 623 g/mol. The number of ether oxygens (including phenoxy) is 2. The van der Waals surface area contributed by atoms with Gasteiger partial charge in [-0.2, -0.15) is 13.2 Å². The van der Waals surface area contributed by atoms with Crippen LogP contribution in [0.5, 0.6) is 0 Å². The molecule has 2 aliphatic rings. The van der Waals surface area contributed by atoms with E-state index in [0.717, 1.165) is 42.7 Å². The first-order valence-electron chi connectivity index (χ1n) is 14.5. The number of imidazole rings is 1. The number of carbonyl (C=O) groups is 2. The molecule has 0 spiro atoms. The lowest BCUT2D eigenvalue weighted by Crippen LogP contribution is -2.55. The van der Waals surface area contributed by atoms with Crippen LogP contribution in [-0.2, 0) is 27.1 Å². The van der Waals surface area contributed by atoms with Gasteiger partial charge < -0.3 is 25.4 Å². The molecule has 0 radical (unpaired) electrons. The predicted octanol–water partition coefficient (Wildman–Crippen LogP) is 4.53. The molecule has 0 aliphatic carbocycles. The van der Waals surface area contributed by atoms with Gasteiger partial charge in [0.2, 0.25) is 5.91 Å². The van der Waals surface area contributed by atoms with Crippen LogP contribution in [0.3, 0.4) is 0 Å². The van der Waals surface area contributed by atoms with Crippen LogP contribution in [0.25, 0.3) is 16.8 Å². The highest BCUT2D eigenvalue weighted by molar-refractivity contribution is 6.04. The number of aromatic nitrogens is 4. The summed E-state index contributed by atoms with van der Waals surface area (Å²) in [6.45, 7) is 4.15. The van der Waals surface area contributed by atoms with Crippen molar-refractivity contribution < 1.29 is 32.2 Å². The number of nitrogens with two attached hydrogens (primary N) is 1. The molecule has 0 unspecified atom stereocenters. The van der Waals surface area contributed by atoms with Crippen LogP contribution in [0.2, 0.25) is 0 Å². The average Bonchev–Trinajstić information content (AvgIpc) is 3.43. The van der Waals surface area contributed by atoms with Crippen LogP contribution in [-0.4, -0.2) is 69.5 Å². The summed E-state index contributed by atoms with van der Waals surface area (Å²) in [6, 6.07) is 8.09. The molecule has 236 valence electrons. The van der Waals surface area contributed by atoms with Crippen molar-refractivity contribution in [1.82, 2.24) is 24.3 Å². The third-order valence-electron chi connectivity index (χ3n) is 8.26. The number of pyridine rings is 1. The van der Waals surface area contributed by atoms with Crippen LogP contribution in [0.4, 0.5) is 24.8 Å². The minimum absolute atomic E-state index is 0.0760. The number of nitrogen functional groups attached to an aromatic ring is 1. The number of anilines is 2. The second-order valence-electron chi connectivity index (χ2n) is 11.7. The Kier molecular flexibility index (Phi) is 7.95. The molecule has 0 bridgehead atoms. The lowest BCUT2D eigenvalue weighted by atomic mass is 9.85. The maximum atomic E-state index is 13.3. The van der Waals surface area contributed by atoms with Gasteiger partial charge in [-0.1, -0.05) is 12.1 Å². The summed E-state index contributed by atoms with van der Waals surface area (Å²) in [7, 11) is 1.58. The number of rotatable bonds is 7. The van der Waals surface area contributed by atoms with E-state index >= 15 is 0 Å². The molecule has 2 saturated heterocycles. The first-order valence-corrected chi connectivity index (χ1v) is 14.5. The minimum Gasteiger partial charge on any atom is -0.382 e. The van der Waals surface area contributed by atoms with Crippen molar-refractivity contribution in [2.45, 2.75) is 38.5 Å². The molecule has 5 heterocycles. The maximum absolute atomic E-state index is 13.3. The molecule has 3 N–H and O–H groups in total. The highest BCUT2D eigenvalue weighted by Gasteiger charge is 2.45. The van der Waals surface area contributed by atoms with Crippen LogP contribution >= 0.6 is 0 Å². The lowest BCUT2D eigenvalue weighted by Gasteiger charge is -2.42. The van der Waals surface area contributed by atoms with Gasteiger partial charge in [0.05, 0.1) is 42.7 Å². The standard InChI is InChI=1S/C31H32F3N7O4/c1-30(16-45-17-30)29(43)40-11-3-4-20(14-40)27-39-24(25-26(35)37-13-22(15-44-2)41(25)27)18-5-7-19(8-6-18)28(42)38-23-12-21(9-10-36-23)31(32,33)34/h5-10,12-13,20H,3-4,11,14-17H2,1-2H3,(H2,35,37)(H,36,38,42)/t20-/m1/s1. The molecule has 2 amide bonds. The molecule has 2 aliphatic heterocycles. The van der Waals surface area contributed by atoms with E-state index < -0.39 is 23.1 Å². The van der Waals surface area contributed by atoms with Gasteiger partial charge >= 0.3 is 6.18 Å². The van der Waals surface area contributed by atoms with E-state index in [9.17, 15) is 22.8 Å². The van der Waals surface area contributed by atoms with E-state index in [1.54, 1.807) is 37.6 Å². The number of hydrogen-bond acceptors (Lipinski definition) is 8. The molecule has 4 aromatic rings. The highest BCUT2D eigenvalue weighted by Crippen LogP contribution is 2.37. The summed E-state index contributed by atoms with van der Waals surface area (Å²) in [5.41, 5.74) is 7.72. The van der Waals surface area contributed by atoms with Gasteiger partial charge in [-0.25, -0.2) is 15.0 Å². The van der Waals surface area contributed by atoms with Crippen LogP contribution in [0, 0.1) is 5.41 Å². The molecule has 1 atom stereocenters. The molecule has 0 saturated carbocycles. The van der Waals surface area contributed by atoms with E-state index in [-0.39, 0.29) is 35.6 Å². The second-order valence-corrected chi connectivity index (χ2v) is 11.7. The van der Waals surface area contributed by atoms with Crippen molar-refractivity contribution in [3.8, 4) is 11.3 Å². The van der Waals surface area contributed by atoms with E-state index in [0.29, 0.717) is 43.1 Å². The average molecular weight is 624 g/mol. The zero-order valence-electron chi connectivity index (χ0n) is 24.7. The Morgan fingerprint density at radius 1 is 1.18 bits per heavy atom. The normalized spacial score (nSPS) is 18.1. The number of alkyl halides is 3. The van der Waals surface area contributed by atoms with E-state index in [4.69, 9.17) is 20.2 Å². The van der Waals surface area contributed by atoms with E-state index in [1.165, 1.54) is 0 Å². The van der Waals surface area contributed by atoms with Gasteiger partial charge in [0.1, 0.15) is 28.7 Å². The van der Waals surface area contributed by atoms with E-state index in [1.807, 2.05) is 16.2 Å². The Labute approximate surface area is 256 Å². The quantitative estimate of drug-likeness (QED) is 0.306. The largest absolute Gasteiger partial charge is 0.416 e. The number of nitrogens with one attached hydrogen (secondary N) is 1. The lowest BCUT2D eigenvalue weighted by molar-refractivity contribution is -0.170. The molecule has 3 aromatic heterocycles. The number of nitrogens with zero attached hydrogens (tertiary/aromatic N) is 5. The Morgan fingerprint density at radius 2 is 1.93 bits per heavy atom. The van der Waals surface area contributed by atoms with Crippen molar-refractivity contribution >= 4 is 29.0 Å². The molecular weight excluding hydrogens is 591 g/mol. The smallest absolute Gasteiger partial charge is 0.382 e. The Bertz CT molecular complexity index is 1750. The summed E-state index contributed by atoms with van der Waals surface area (Å²) in [5, 5.41) is 2.42. The molecule has 6 rings (SSSR count). The van der Waals surface area contributed by atoms with Gasteiger partial charge in [0, 0.05) is 43.4 Å². The number of amides is 2. The number of fused-ring (bicyclic) bond motifs is 1. The number of hydrogen-bond donors (Lipinski definition) is 2. The van der Waals surface area contributed by atoms with Crippen molar-refractivity contribution in [3.05, 3.63) is 71.4 Å². The number of piperidine rings is 1. The third kappa shape index (κ3) is 5.82. The second kappa shape index (κ2) is 11.7. The van der Waals surface area contributed by atoms with Crippen molar-refractivity contribution in [3.63, 3.8) is 0 Å². The maximum Gasteiger partial charge on any atom is 0.416 e. The number of benzene rings is 1. The topological polar surface area (TPSA) is 137 Å². The van der Waals surface area contributed by atoms with Crippen LogP contribution in [0.1, 0.15) is 53.1 Å².